The Balaban J connectivity index is 1.14. The van der Waals surface area contributed by atoms with E-state index in [0.29, 0.717) is 17.6 Å². The van der Waals surface area contributed by atoms with E-state index in [1.807, 2.05) is 36.4 Å². The first-order valence-electron chi connectivity index (χ1n) is 21.1. The van der Waals surface area contributed by atoms with Crippen LogP contribution in [0.1, 0.15) is 22.3 Å². The van der Waals surface area contributed by atoms with Crippen LogP contribution < -0.4 is 0 Å². The van der Waals surface area contributed by atoms with E-state index in [4.69, 9.17) is 15.0 Å². The zero-order valence-corrected chi connectivity index (χ0v) is 33.7. The van der Waals surface area contributed by atoms with Gasteiger partial charge in [-0.3, -0.25) is 4.57 Å². The fraction of sp³-hybridized carbons (Fsp3) is 0.0172. The fourth-order valence-corrected chi connectivity index (χ4v) is 9.83. The smallest absolute Gasteiger partial charge is 0.238 e. The van der Waals surface area contributed by atoms with Crippen molar-refractivity contribution in [3.8, 4) is 62.1 Å². The molecule has 0 saturated heterocycles. The number of hydrogen-bond donors (Lipinski definition) is 0. The third kappa shape index (κ3) is 5.58. The minimum absolute atomic E-state index is 0.499. The fourth-order valence-electron chi connectivity index (χ4n) is 9.83. The maximum absolute atomic E-state index is 5.31. The average Bonchev–Trinajstić information content (AvgIpc) is 3.85. The van der Waals surface area contributed by atoms with Crippen LogP contribution in [-0.2, 0) is 5.41 Å². The molecular formula is C58H38N4. The third-order valence-electron chi connectivity index (χ3n) is 12.6. The summed E-state index contributed by atoms with van der Waals surface area (Å²) in [6.07, 6.45) is 0. The van der Waals surface area contributed by atoms with E-state index < -0.39 is 5.41 Å². The number of hydrogen-bond acceptors (Lipinski definition) is 3. The Labute approximate surface area is 360 Å². The summed E-state index contributed by atoms with van der Waals surface area (Å²) in [4.78, 5) is 15.7. The summed E-state index contributed by atoms with van der Waals surface area (Å²) in [5.74, 6) is 1.80. The normalized spacial score (nSPS) is 12.6. The molecule has 62 heavy (non-hydrogen) atoms. The third-order valence-corrected chi connectivity index (χ3v) is 12.6. The van der Waals surface area contributed by atoms with Crippen LogP contribution in [0.2, 0.25) is 0 Å². The molecule has 4 nitrogen and oxygen atoms in total. The van der Waals surface area contributed by atoms with Gasteiger partial charge in [0.25, 0.3) is 0 Å². The molecule has 0 atom stereocenters. The van der Waals surface area contributed by atoms with Gasteiger partial charge in [-0.1, -0.05) is 218 Å². The molecule has 1 aliphatic carbocycles. The Bertz CT molecular complexity index is 3340. The summed E-state index contributed by atoms with van der Waals surface area (Å²) in [5.41, 5.74) is 15.5. The average molecular weight is 791 g/mol. The summed E-state index contributed by atoms with van der Waals surface area (Å²) < 4.78 is 2.26. The predicted octanol–water partition coefficient (Wildman–Crippen LogP) is 14.0. The standard InChI is InChI=1S/C58H38N4/c1-6-19-39(20-7-1)46-30-18-31-50-49-36-34-43(38-53(49)62(54(46)50)57-60-55(40-21-8-2-9-22-40)59-56(61-57)41-23-10-3-11-24-41)42-33-35-48-47-29-16-17-32-51(47)58(52(48)37-42,44-25-12-4-13-26-44)45-27-14-5-15-28-45/h1-38H. The van der Waals surface area contributed by atoms with E-state index in [1.54, 1.807) is 0 Å². The molecule has 2 heterocycles. The number of para-hydroxylation sites is 1. The lowest BCUT2D eigenvalue weighted by atomic mass is 9.67. The lowest BCUT2D eigenvalue weighted by Crippen LogP contribution is -2.28. The maximum atomic E-state index is 5.31. The second kappa shape index (κ2) is 14.5. The Morgan fingerprint density at radius 3 is 1.45 bits per heavy atom. The molecule has 0 saturated carbocycles. The van der Waals surface area contributed by atoms with Crippen molar-refractivity contribution in [3.63, 3.8) is 0 Å². The van der Waals surface area contributed by atoms with Gasteiger partial charge in [0.1, 0.15) is 0 Å². The molecule has 290 valence electrons. The zero-order valence-electron chi connectivity index (χ0n) is 33.7. The summed E-state index contributed by atoms with van der Waals surface area (Å²) in [7, 11) is 0. The predicted molar refractivity (Wildman–Crippen MR) is 253 cm³/mol. The SMILES string of the molecule is c1ccc(-c2nc(-c3ccccc3)nc(-n3c4cc(-c5ccc6c(c5)C(c5ccccc5)(c5ccccc5)c5ccccc5-6)ccc4c4cccc(-c5ccccc5)c43)n2)cc1. The molecule has 4 heteroatoms. The lowest BCUT2D eigenvalue weighted by molar-refractivity contribution is 0.769. The van der Waals surface area contributed by atoms with Gasteiger partial charge >= 0.3 is 0 Å². The van der Waals surface area contributed by atoms with Gasteiger partial charge in [-0.25, -0.2) is 4.98 Å². The summed E-state index contributed by atoms with van der Waals surface area (Å²) in [6, 6.07) is 82.4. The van der Waals surface area contributed by atoms with Crippen molar-refractivity contribution in [1.82, 2.24) is 19.5 Å². The van der Waals surface area contributed by atoms with Gasteiger partial charge in [-0.2, -0.15) is 9.97 Å². The van der Waals surface area contributed by atoms with E-state index in [0.717, 1.165) is 55.2 Å². The highest BCUT2D eigenvalue weighted by Crippen LogP contribution is 2.56. The first-order chi connectivity index (χ1) is 30.8. The molecule has 0 aliphatic heterocycles. The van der Waals surface area contributed by atoms with Crippen LogP contribution in [0.3, 0.4) is 0 Å². The monoisotopic (exact) mass is 790 g/mol. The second-order valence-corrected chi connectivity index (χ2v) is 15.9. The van der Waals surface area contributed by atoms with Crippen LogP contribution in [0, 0.1) is 0 Å². The zero-order chi connectivity index (χ0) is 41.0. The molecule has 0 unspecified atom stereocenters. The largest absolute Gasteiger partial charge is 0.277 e. The van der Waals surface area contributed by atoms with Crippen molar-refractivity contribution in [3.05, 3.63) is 253 Å². The molecule has 1 aliphatic rings. The number of fused-ring (bicyclic) bond motifs is 6. The first kappa shape index (κ1) is 35.7. The van der Waals surface area contributed by atoms with Crippen molar-refractivity contribution in [2.75, 3.05) is 0 Å². The highest BCUT2D eigenvalue weighted by Gasteiger charge is 2.46. The van der Waals surface area contributed by atoms with Crippen LogP contribution in [0.5, 0.6) is 0 Å². The van der Waals surface area contributed by atoms with Gasteiger partial charge in [0.15, 0.2) is 11.6 Å². The minimum atomic E-state index is -0.499. The molecule has 0 N–H and O–H groups in total. The number of rotatable bonds is 7. The second-order valence-electron chi connectivity index (χ2n) is 15.9. The van der Waals surface area contributed by atoms with Gasteiger partial charge in [-0.05, 0) is 62.2 Å². The van der Waals surface area contributed by atoms with E-state index in [9.17, 15) is 0 Å². The van der Waals surface area contributed by atoms with Gasteiger partial charge in [0.2, 0.25) is 5.95 Å². The number of benzene rings is 9. The number of nitrogens with zero attached hydrogens (tertiary/aromatic N) is 4. The van der Waals surface area contributed by atoms with E-state index in [-0.39, 0.29) is 0 Å². The molecule has 0 fully saturated rings. The van der Waals surface area contributed by atoms with Gasteiger partial charge in [-0.15, -0.1) is 0 Å². The summed E-state index contributed by atoms with van der Waals surface area (Å²) in [5, 5.41) is 2.26. The summed E-state index contributed by atoms with van der Waals surface area (Å²) >= 11 is 0. The van der Waals surface area contributed by atoms with E-state index in [1.165, 1.54) is 33.4 Å². The first-order valence-corrected chi connectivity index (χ1v) is 21.1. The van der Waals surface area contributed by atoms with Crippen molar-refractivity contribution in [1.29, 1.82) is 0 Å². The highest BCUT2D eigenvalue weighted by molar-refractivity contribution is 6.14. The quantitative estimate of drug-likeness (QED) is 0.161. The Kier molecular flexibility index (Phi) is 8.36. The molecular weight excluding hydrogens is 753 g/mol. The van der Waals surface area contributed by atoms with Crippen LogP contribution >= 0.6 is 0 Å². The topological polar surface area (TPSA) is 43.6 Å². The van der Waals surface area contributed by atoms with Gasteiger partial charge in [0, 0.05) is 27.5 Å². The lowest BCUT2D eigenvalue weighted by Gasteiger charge is -2.34. The summed E-state index contributed by atoms with van der Waals surface area (Å²) in [6.45, 7) is 0. The minimum Gasteiger partial charge on any atom is -0.277 e. The molecule has 2 aromatic heterocycles. The van der Waals surface area contributed by atoms with Crippen molar-refractivity contribution >= 4 is 21.8 Å². The Hall–Kier alpha value is -8.21. The molecule has 12 rings (SSSR count). The van der Waals surface area contributed by atoms with E-state index in [2.05, 4.69) is 199 Å². The highest BCUT2D eigenvalue weighted by atomic mass is 15.2. The maximum Gasteiger partial charge on any atom is 0.238 e. The van der Waals surface area contributed by atoms with Gasteiger partial charge in [0.05, 0.1) is 16.4 Å². The van der Waals surface area contributed by atoms with Crippen LogP contribution in [0.15, 0.2) is 231 Å². The molecule has 11 aromatic rings. The van der Waals surface area contributed by atoms with Crippen molar-refractivity contribution < 1.29 is 0 Å². The molecule has 0 spiro atoms. The molecule has 9 aromatic carbocycles. The van der Waals surface area contributed by atoms with Crippen LogP contribution in [-0.4, -0.2) is 19.5 Å². The molecule has 0 radical (unpaired) electrons. The van der Waals surface area contributed by atoms with Gasteiger partial charge < -0.3 is 0 Å². The van der Waals surface area contributed by atoms with E-state index >= 15 is 0 Å². The Morgan fingerprint density at radius 1 is 0.323 bits per heavy atom. The molecule has 0 bridgehead atoms. The van der Waals surface area contributed by atoms with Crippen molar-refractivity contribution in [2.45, 2.75) is 5.41 Å². The molecule has 0 amide bonds. The van der Waals surface area contributed by atoms with Crippen molar-refractivity contribution in [2.24, 2.45) is 0 Å². The number of aromatic nitrogens is 4. The van der Waals surface area contributed by atoms with Crippen LogP contribution in [0.25, 0.3) is 83.9 Å². The Morgan fingerprint density at radius 2 is 0.823 bits per heavy atom. The van der Waals surface area contributed by atoms with Crippen LogP contribution in [0.4, 0.5) is 0 Å².